The van der Waals surface area contributed by atoms with Gasteiger partial charge in [-0.25, -0.2) is 0 Å². The molecule has 8 nitrogen and oxygen atoms in total. The summed E-state index contributed by atoms with van der Waals surface area (Å²) < 4.78 is 0. The first-order chi connectivity index (χ1) is 6.90. The summed E-state index contributed by atoms with van der Waals surface area (Å²) in [5.41, 5.74) is 10.6. The van der Waals surface area contributed by atoms with Gasteiger partial charge in [-0.05, 0) is 12.8 Å². The van der Waals surface area contributed by atoms with Crippen molar-refractivity contribution in [3.8, 4) is 0 Å². The molecule has 0 aromatic carbocycles. The molecule has 1 amide bonds. The van der Waals surface area contributed by atoms with Crippen LogP contribution in [0, 0.1) is 4.91 Å². The summed E-state index contributed by atoms with van der Waals surface area (Å²) in [6, 6.07) is -2.02. The fraction of sp³-hybridized carbons (Fsp3) is 0.714. The van der Waals surface area contributed by atoms with Crippen LogP contribution in [0.15, 0.2) is 5.29 Å². The SMILES string of the molecule is CN(N=O)C(=O)C(N)CC[C@H](N)C(=O)O. The molecule has 15 heavy (non-hydrogen) atoms. The number of carboxylic acids is 1. The first kappa shape index (κ1) is 13.5. The minimum Gasteiger partial charge on any atom is -0.480 e. The van der Waals surface area contributed by atoms with E-state index in [1.165, 1.54) is 7.05 Å². The van der Waals surface area contributed by atoms with Crippen LogP contribution in [0.4, 0.5) is 0 Å². The van der Waals surface area contributed by atoms with Crippen molar-refractivity contribution in [3.63, 3.8) is 0 Å². The second kappa shape index (κ2) is 6.04. The highest BCUT2D eigenvalue weighted by Crippen LogP contribution is 2.01. The van der Waals surface area contributed by atoms with E-state index in [0.29, 0.717) is 5.01 Å². The van der Waals surface area contributed by atoms with E-state index in [1.54, 1.807) is 0 Å². The van der Waals surface area contributed by atoms with Crippen molar-refractivity contribution in [3.05, 3.63) is 4.91 Å². The van der Waals surface area contributed by atoms with E-state index in [1.807, 2.05) is 0 Å². The summed E-state index contributed by atoms with van der Waals surface area (Å²) in [6.07, 6.45) is 0.154. The molecule has 2 atom stereocenters. The summed E-state index contributed by atoms with van der Waals surface area (Å²) >= 11 is 0. The number of nitroso groups, excluding NO2 is 1. The average molecular weight is 218 g/mol. The zero-order chi connectivity index (χ0) is 12.0. The van der Waals surface area contributed by atoms with Gasteiger partial charge in [-0.15, -0.1) is 4.91 Å². The summed E-state index contributed by atoms with van der Waals surface area (Å²) in [5, 5.41) is 11.4. The highest BCUT2D eigenvalue weighted by molar-refractivity contribution is 5.81. The predicted molar refractivity (Wildman–Crippen MR) is 51.4 cm³/mol. The molecule has 0 saturated heterocycles. The molecule has 0 aromatic heterocycles. The van der Waals surface area contributed by atoms with Crippen molar-refractivity contribution in [1.82, 2.24) is 5.01 Å². The van der Waals surface area contributed by atoms with Crippen molar-refractivity contribution >= 4 is 11.9 Å². The lowest BCUT2D eigenvalue weighted by molar-refractivity contribution is -0.139. The van der Waals surface area contributed by atoms with E-state index >= 15 is 0 Å². The highest BCUT2D eigenvalue weighted by atomic mass is 16.4. The van der Waals surface area contributed by atoms with Crippen molar-refractivity contribution in [2.24, 2.45) is 16.8 Å². The third kappa shape index (κ3) is 4.47. The predicted octanol–water partition coefficient (Wildman–Crippen LogP) is -1.35. The molecule has 1 unspecified atom stereocenters. The summed E-state index contributed by atoms with van der Waals surface area (Å²) in [6.45, 7) is 0. The van der Waals surface area contributed by atoms with Crippen LogP contribution in [0.3, 0.4) is 0 Å². The number of carbonyl (C=O) groups excluding carboxylic acids is 1. The molecule has 0 heterocycles. The van der Waals surface area contributed by atoms with Gasteiger partial charge in [0.2, 0.25) is 0 Å². The summed E-state index contributed by atoms with van der Waals surface area (Å²) in [4.78, 5) is 31.5. The van der Waals surface area contributed by atoms with Gasteiger partial charge in [-0.3, -0.25) is 9.59 Å². The highest BCUT2D eigenvalue weighted by Gasteiger charge is 2.21. The molecule has 0 radical (unpaired) electrons. The fourth-order valence-electron chi connectivity index (χ4n) is 0.886. The maximum Gasteiger partial charge on any atom is 0.320 e. The maximum atomic E-state index is 11.2. The topological polar surface area (TPSA) is 139 Å². The van der Waals surface area contributed by atoms with Crippen LogP contribution >= 0.6 is 0 Å². The van der Waals surface area contributed by atoms with E-state index in [0.717, 1.165) is 0 Å². The number of carboxylic acid groups (broad SMARTS) is 1. The molecule has 0 saturated carbocycles. The molecule has 0 bridgehead atoms. The Morgan fingerprint density at radius 2 is 1.80 bits per heavy atom. The number of hydrogen-bond acceptors (Lipinski definition) is 6. The van der Waals surface area contributed by atoms with Crippen LogP contribution in [0.5, 0.6) is 0 Å². The van der Waals surface area contributed by atoms with Gasteiger partial charge in [0.1, 0.15) is 6.04 Å². The molecule has 0 spiro atoms. The molecule has 0 aliphatic carbocycles. The minimum atomic E-state index is -1.16. The van der Waals surface area contributed by atoms with Crippen LogP contribution in [0.2, 0.25) is 0 Å². The molecular weight excluding hydrogens is 204 g/mol. The second-order valence-corrected chi connectivity index (χ2v) is 3.07. The van der Waals surface area contributed by atoms with E-state index < -0.39 is 24.0 Å². The Morgan fingerprint density at radius 1 is 1.33 bits per heavy atom. The van der Waals surface area contributed by atoms with E-state index in [4.69, 9.17) is 16.6 Å². The Morgan fingerprint density at radius 3 is 2.20 bits per heavy atom. The van der Waals surface area contributed by atoms with E-state index in [9.17, 15) is 14.5 Å². The van der Waals surface area contributed by atoms with Crippen molar-refractivity contribution in [2.45, 2.75) is 24.9 Å². The molecule has 0 aliphatic rings. The second-order valence-electron chi connectivity index (χ2n) is 3.07. The van der Waals surface area contributed by atoms with Gasteiger partial charge in [0.25, 0.3) is 5.91 Å². The molecule has 0 rings (SSSR count). The van der Waals surface area contributed by atoms with Crippen molar-refractivity contribution in [1.29, 1.82) is 0 Å². The molecule has 5 N–H and O–H groups in total. The minimum absolute atomic E-state index is 0.0644. The third-order valence-electron chi connectivity index (χ3n) is 1.86. The average Bonchev–Trinajstić information content (AvgIpc) is 2.22. The van der Waals surface area contributed by atoms with Gasteiger partial charge in [0.05, 0.1) is 11.3 Å². The molecule has 0 aromatic rings. The van der Waals surface area contributed by atoms with Gasteiger partial charge >= 0.3 is 5.97 Å². The van der Waals surface area contributed by atoms with Crippen LogP contribution in [-0.2, 0) is 9.59 Å². The third-order valence-corrected chi connectivity index (χ3v) is 1.86. The molecular formula is C7H14N4O4. The lowest BCUT2D eigenvalue weighted by atomic mass is 10.1. The zero-order valence-corrected chi connectivity index (χ0v) is 8.29. The maximum absolute atomic E-state index is 11.2. The number of carbonyl (C=O) groups is 2. The first-order valence-corrected chi connectivity index (χ1v) is 4.25. The number of nitrogens with two attached hydrogens (primary N) is 2. The molecule has 86 valence electrons. The lowest BCUT2D eigenvalue weighted by Crippen LogP contribution is -2.41. The normalized spacial score (nSPS) is 14.1. The van der Waals surface area contributed by atoms with Gasteiger partial charge in [0.15, 0.2) is 0 Å². The standard InChI is InChI=1S/C7H14N4O4/c1-11(10-15)6(12)4(8)2-3-5(9)7(13)14/h4-5H,2-3,8-9H2,1H3,(H,13,14)/t4?,5-/m0/s1. The van der Waals surface area contributed by atoms with Gasteiger partial charge in [-0.1, -0.05) is 0 Å². The summed E-state index contributed by atoms with van der Waals surface area (Å²) in [5.74, 6) is -1.82. The quantitative estimate of drug-likeness (QED) is 0.372. The molecule has 8 heteroatoms. The number of likely N-dealkylation sites (N-methyl/N-ethyl adjacent to an activating group) is 1. The smallest absolute Gasteiger partial charge is 0.320 e. The number of nitrogens with zero attached hydrogens (tertiary/aromatic N) is 2. The van der Waals surface area contributed by atoms with Gasteiger partial charge in [-0.2, -0.15) is 5.01 Å². The van der Waals surface area contributed by atoms with Crippen molar-refractivity contribution in [2.75, 3.05) is 7.05 Å². The molecule has 0 aliphatic heterocycles. The number of hydrogen-bond donors (Lipinski definition) is 3. The van der Waals surface area contributed by atoms with E-state index in [-0.39, 0.29) is 12.8 Å². The number of amides is 1. The van der Waals surface area contributed by atoms with Gasteiger partial charge < -0.3 is 16.6 Å². The Hall–Kier alpha value is -1.54. The van der Waals surface area contributed by atoms with Gasteiger partial charge in [0, 0.05) is 7.05 Å². The zero-order valence-electron chi connectivity index (χ0n) is 8.29. The van der Waals surface area contributed by atoms with Crippen LogP contribution in [0.25, 0.3) is 0 Å². The Bertz CT molecular complexity index is 257. The lowest BCUT2D eigenvalue weighted by Gasteiger charge is -2.14. The van der Waals surface area contributed by atoms with Crippen LogP contribution < -0.4 is 11.5 Å². The first-order valence-electron chi connectivity index (χ1n) is 4.25. The monoisotopic (exact) mass is 218 g/mol. The Kier molecular flexibility index (Phi) is 5.42. The van der Waals surface area contributed by atoms with Crippen LogP contribution in [-0.4, -0.2) is 41.1 Å². The molecule has 0 fully saturated rings. The van der Waals surface area contributed by atoms with Crippen LogP contribution in [0.1, 0.15) is 12.8 Å². The largest absolute Gasteiger partial charge is 0.480 e. The summed E-state index contributed by atoms with van der Waals surface area (Å²) in [7, 11) is 1.17. The Balaban J connectivity index is 4.03. The Labute approximate surface area is 86.2 Å². The van der Waals surface area contributed by atoms with Crippen molar-refractivity contribution < 1.29 is 14.7 Å². The van der Waals surface area contributed by atoms with E-state index in [2.05, 4.69) is 5.29 Å². The fourth-order valence-corrected chi connectivity index (χ4v) is 0.886. The number of rotatable bonds is 6. The number of aliphatic carboxylic acids is 1.